The number of esters is 2. The Morgan fingerprint density at radius 1 is 0.411 bits per heavy atom. The lowest BCUT2D eigenvalue weighted by atomic mass is 10.1. The van der Waals surface area contributed by atoms with E-state index < -0.39 is 6.10 Å². The molecule has 0 bridgehead atoms. The van der Waals surface area contributed by atoms with Gasteiger partial charge >= 0.3 is 11.9 Å². The van der Waals surface area contributed by atoms with Crippen molar-refractivity contribution in [1.82, 2.24) is 0 Å². The molecule has 1 unspecified atom stereocenters. The molecule has 1 atom stereocenters. The number of ether oxygens (including phenoxy) is 3. The second-order valence-electron chi connectivity index (χ2n) is 15.3. The molecule has 0 fully saturated rings. The molecular formula is C51H88O5. The Bertz CT molecular complexity index is 1020. The molecule has 0 amide bonds. The molecule has 0 saturated carbocycles. The van der Waals surface area contributed by atoms with Crippen molar-refractivity contribution in [2.45, 2.75) is 219 Å². The van der Waals surface area contributed by atoms with Crippen LogP contribution in [0.4, 0.5) is 0 Å². The van der Waals surface area contributed by atoms with E-state index in [0.717, 1.165) is 83.5 Å². The molecule has 0 spiro atoms. The Labute approximate surface area is 347 Å². The van der Waals surface area contributed by atoms with Gasteiger partial charge in [-0.25, -0.2) is 0 Å². The van der Waals surface area contributed by atoms with Crippen LogP contribution < -0.4 is 0 Å². The first-order valence-corrected chi connectivity index (χ1v) is 23.5. The molecule has 0 N–H and O–H groups in total. The molecule has 56 heavy (non-hydrogen) atoms. The topological polar surface area (TPSA) is 61.8 Å². The highest BCUT2D eigenvalue weighted by molar-refractivity contribution is 5.70. The van der Waals surface area contributed by atoms with E-state index in [1.165, 1.54) is 96.3 Å². The fourth-order valence-corrected chi connectivity index (χ4v) is 6.24. The molecule has 0 aliphatic heterocycles. The molecule has 0 radical (unpaired) electrons. The lowest BCUT2D eigenvalue weighted by molar-refractivity contribution is -0.163. The molecule has 5 heteroatoms. The lowest BCUT2D eigenvalue weighted by Gasteiger charge is -2.18. The number of unbranched alkanes of at least 4 members (excludes halogenated alkanes) is 19. The van der Waals surface area contributed by atoms with E-state index in [0.29, 0.717) is 19.4 Å². The van der Waals surface area contributed by atoms with Gasteiger partial charge in [0, 0.05) is 19.4 Å². The standard InChI is InChI=1S/C51H88O5/c1-4-7-10-13-16-19-21-23-25-26-28-29-31-33-35-38-41-44-50(52)55-48-49(47-54-46-43-40-37-18-15-12-9-6-3)56-51(53)45-42-39-36-34-32-30-27-24-22-20-17-14-11-8-5-2/h7,10,16,19,23-25,27-29,33,35,49H,4-6,8-9,11-15,17-18,20-22,26,30-32,34,36-48H2,1-3H3/b10-7-,19-16-,25-23-,27-24-,29-28-,35-33-. The molecule has 0 aromatic heterocycles. The van der Waals surface area contributed by atoms with Crippen LogP contribution in [0, 0.1) is 0 Å². The summed E-state index contributed by atoms with van der Waals surface area (Å²) in [5, 5.41) is 0. The Morgan fingerprint density at radius 3 is 1.36 bits per heavy atom. The normalized spacial score (nSPS) is 12.8. The van der Waals surface area contributed by atoms with Crippen molar-refractivity contribution in [1.29, 1.82) is 0 Å². The predicted molar refractivity (Wildman–Crippen MR) is 242 cm³/mol. The number of hydrogen-bond acceptors (Lipinski definition) is 5. The molecule has 0 rings (SSSR count). The van der Waals surface area contributed by atoms with E-state index in [-0.39, 0.29) is 25.2 Å². The zero-order chi connectivity index (χ0) is 40.7. The van der Waals surface area contributed by atoms with Crippen LogP contribution in [0.3, 0.4) is 0 Å². The summed E-state index contributed by atoms with van der Waals surface area (Å²) in [6, 6.07) is 0. The van der Waals surface area contributed by atoms with E-state index in [4.69, 9.17) is 14.2 Å². The van der Waals surface area contributed by atoms with Crippen LogP contribution in [0.2, 0.25) is 0 Å². The molecule has 0 aromatic carbocycles. The monoisotopic (exact) mass is 781 g/mol. The Balaban J connectivity index is 4.30. The first-order valence-electron chi connectivity index (χ1n) is 23.5. The van der Waals surface area contributed by atoms with Gasteiger partial charge in [-0.05, 0) is 83.5 Å². The highest BCUT2D eigenvalue weighted by atomic mass is 16.6. The number of carbonyl (C=O) groups is 2. The van der Waals surface area contributed by atoms with Crippen LogP contribution in [0.1, 0.15) is 213 Å². The largest absolute Gasteiger partial charge is 0.462 e. The van der Waals surface area contributed by atoms with Gasteiger partial charge in [0.05, 0.1) is 6.61 Å². The van der Waals surface area contributed by atoms with Crippen LogP contribution in [0.25, 0.3) is 0 Å². The number of hydrogen-bond donors (Lipinski definition) is 0. The second-order valence-corrected chi connectivity index (χ2v) is 15.3. The van der Waals surface area contributed by atoms with E-state index in [2.05, 4.69) is 93.7 Å². The molecule has 5 nitrogen and oxygen atoms in total. The third-order valence-corrected chi connectivity index (χ3v) is 9.73. The van der Waals surface area contributed by atoms with E-state index in [1.54, 1.807) is 0 Å². The van der Waals surface area contributed by atoms with Gasteiger partial charge in [-0.2, -0.15) is 0 Å². The minimum Gasteiger partial charge on any atom is -0.462 e. The van der Waals surface area contributed by atoms with Crippen LogP contribution in [-0.2, 0) is 23.8 Å². The maximum atomic E-state index is 12.7. The smallest absolute Gasteiger partial charge is 0.306 e. The number of allylic oxidation sites excluding steroid dienone is 12. The predicted octanol–water partition coefficient (Wildman–Crippen LogP) is 15.6. The molecule has 322 valence electrons. The van der Waals surface area contributed by atoms with E-state index >= 15 is 0 Å². The van der Waals surface area contributed by atoms with Crippen molar-refractivity contribution in [3.8, 4) is 0 Å². The first kappa shape index (κ1) is 53.3. The lowest BCUT2D eigenvalue weighted by Crippen LogP contribution is -2.30. The highest BCUT2D eigenvalue weighted by Gasteiger charge is 2.17. The fourth-order valence-electron chi connectivity index (χ4n) is 6.24. The summed E-state index contributed by atoms with van der Waals surface area (Å²) < 4.78 is 17.2. The maximum absolute atomic E-state index is 12.7. The molecule has 0 heterocycles. The summed E-state index contributed by atoms with van der Waals surface area (Å²) in [5.74, 6) is -0.475. The quantitative estimate of drug-likeness (QED) is 0.0351. The third-order valence-electron chi connectivity index (χ3n) is 9.73. The third kappa shape index (κ3) is 44.1. The summed E-state index contributed by atoms with van der Waals surface area (Å²) in [6.07, 6.45) is 59.1. The SMILES string of the molecule is CC/C=C\C/C=C\C/C=C\C/C=C\C/C=C\CCCC(=O)OCC(COCCCCCCCCCC)OC(=O)CCCCCCC/C=C\CCCCCCCC. The van der Waals surface area contributed by atoms with Gasteiger partial charge in [-0.1, -0.05) is 190 Å². The van der Waals surface area contributed by atoms with Gasteiger partial charge in [-0.3, -0.25) is 9.59 Å². The zero-order valence-electron chi connectivity index (χ0n) is 36.9. The molecule has 0 aromatic rings. The zero-order valence-corrected chi connectivity index (χ0v) is 36.9. The number of carbonyl (C=O) groups excluding carboxylic acids is 2. The molecular weight excluding hydrogens is 693 g/mol. The van der Waals surface area contributed by atoms with E-state index in [9.17, 15) is 9.59 Å². The van der Waals surface area contributed by atoms with Gasteiger partial charge in [0.1, 0.15) is 6.61 Å². The molecule has 0 aliphatic carbocycles. The fraction of sp³-hybridized carbons (Fsp3) is 0.725. The summed E-state index contributed by atoms with van der Waals surface area (Å²) >= 11 is 0. The summed E-state index contributed by atoms with van der Waals surface area (Å²) in [7, 11) is 0. The Kier molecular flexibility index (Phi) is 44.5. The van der Waals surface area contributed by atoms with Gasteiger partial charge in [0.2, 0.25) is 0 Å². The van der Waals surface area contributed by atoms with Crippen molar-refractivity contribution in [3.05, 3.63) is 72.9 Å². The van der Waals surface area contributed by atoms with Crippen molar-refractivity contribution >= 4 is 11.9 Å². The average molecular weight is 781 g/mol. The van der Waals surface area contributed by atoms with Crippen LogP contribution in [0.5, 0.6) is 0 Å². The van der Waals surface area contributed by atoms with Crippen molar-refractivity contribution in [3.63, 3.8) is 0 Å². The minimum atomic E-state index is -0.561. The van der Waals surface area contributed by atoms with E-state index in [1.807, 2.05) is 0 Å². The Hall–Kier alpha value is -2.66. The van der Waals surface area contributed by atoms with Crippen molar-refractivity contribution in [2.24, 2.45) is 0 Å². The van der Waals surface area contributed by atoms with Crippen LogP contribution in [-0.4, -0.2) is 37.9 Å². The average Bonchev–Trinajstić information content (AvgIpc) is 3.20. The van der Waals surface area contributed by atoms with Crippen molar-refractivity contribution < 1.29 is 23.8 Å². The summed E-state index contributed by atoms with van der Waals surface area (Å²) in [5.41, 5.74) is 0. The van der Waals surface area contributed by atoms with Gasteiger partial charge in [0.25, 0.3) is 0 Å². The first-order chi connectivity index (χ1) is 27.6. The van der Waals surface area contributed by atoms with Crippen LogP contribution in [0.15, 0.2) is 72.9 Å². The maximum Gasteiger partial charge on any atom is 0.306 e. The van der Waals surface area contributed by atoms with Gasteiger partial charge < -0.3 is 14.2 Å². The highest BCUT2D eigenvalue weighted by Crippen LogP contribution is 2.12. The van der Waals surface area contributed by atoms with Gasteiger partial charge in [0.15, 0.2) is 6.10 Å². The Morgan fingerprint density at radius 2 is 0.821 bits per heavy atom. The number of rotatable bonds is 42. The minimum absolute atomic E-state index is 0.0516. The van der Waals surface area contributed by atoms with Crippen molar-refractivity contribution in [2.75, 3.05) is 19.8 Å². The summed E-state index contributed by atoms with van der Waals surface area (Å²) in [6.45, 7) is 7.62. The van der Waals surface area contributed by atoms with Gasteiger partial charge in [-0.15, -0.1) is 0 Å². The second kappa shape index (κ2) is 46.7. The molecule has 0 saturated heterocycles. The molecule has 0 aliphatic rings. The van der Waals surface area contributed by atoms with Crippen LogP contribution >= 0.6 is 0 Å². The summed E-state index contributed by atoms with van der Waals surface area (Å²) in [4.78, 5) is 25.2.